The fourth-order valence-electron chi connectivity index (χ4n) is 1.72. The first-order valence-corrected chi connectivity index (χ1v) is 7.86. The number of hydrogen-bond donors (Lipinski definition) is 2. The number of nitrogens with two attached hydrogens (primary N) is 1. The quantitative estimate of drug-likeness (QED) is 0.626. The first-order chi connectivity index (χ1) is 11.0. The fourth-order valence-corrected chi connectivity index (χ4v) is 2.38. The topological polar surface area (TPSA) is 112 Å². The van der Waals surface area contributed by atoms with Crippen molar-refractivity contribution in [1.82, 2.24) is 20.2 Å². The van der Waals surface area contributed by atoms with Gasteiger partial charge in [0.05, 0.1) is 12.4 Å². The summed E-state index contributed by atoms with van der Waals surface area (Å²) in [7, 11) is 0. The Morgan fingerprint density at radius 3 is 2.65 bits per heavy atom. The molecular formula is C14H17N5O3S. The molecule has 0 aliphatic rings. The molecule has 0 saturated heterocycles. The van der Waals surface area contributed by atoms with Crippen LogP contribution in [0.25, 0.3) is 11.4 Å². The van der Waals surface area contributed by atoms with Gasteiger partial charge in [-0.3, -0.25) is 10.1 Å². The molecule has 2 rings (SSSR count). The van der Waals surface area contributed by atoms with Gasteiger partial charge in [-0.15, -0.1) is 10.2 Å². The highest BCUT2D eigenvalue weighted by atomic mass is 32.2. The molecule has 0 fully saturated rings. The summed E-state index contributed by atoms with van der Waals surface area (Å²) in [6.45, 7) is 3.84. The molecule has 0 aliphatic heterocycles. The van der Waals surface area contributed by atoms with Gasteiger partial charge in [-0.1, -0.05) is 41.6 Å². The molecule has 1 aromatic heterocycles. The van der Waals surface area contributed by atoms with Gasteiger partial charge in [-0.25, -0.2) is 9.47 Å². The summed E-state index contributed by atoms with van der Waals surface area (Å²) in [5.74, 6) is 5.94. The lowest BCUT2D eigenvalue weighted by atomic mass is 10.1. The van der Waals surface area contributed by atoms with Crippen LogP contribution in [0.5, 0.6) is 0 Å². The number of ether oxygens (including phenoxy) is 1. The standard InChI is InChI=1S/C14H17N5O3S/c1-3-22-14(21)16-11(20)8-23-13-18-17-12(19(13)15)10-6-4-9(2)5-7-10/h4-7H,3,8,15H2,1-2H3,(H,16,20,21). The minimum absolute atomic E-state index is 0.0257. The maximum absolute atomic E-state index is 11.6. The fraction of sp³-hybridized carbons (Fsp3) is 0.286. The van der Waals surface area contributed by atoms with Crippen molar-refractivity contribution in [3.8, 4) is 11.4 Å². The van der Waals surface area contributed by atoms with E-state index in [1.54, 1.807) is 6.92 Å². The second-order valence-electron chi connectivity index (χ2n) is 4.60. The van der Waals surface area contributed by atoms with Gasteiger partial charge in [0.2, 0.25) is 11.1 Å². The van der Waals surface area contributed by atoms with Crippen LogP contribution in [0.3, 0.4) is 0 Å². The summed E-state index contributed by atoms with van der Waals surface area (Å²) < 4.78 is 5.93. The number of alkyl carbamates (subject to hydrolysis) is 1. The molecule has 8 nitrogen and oxygen atoms in total. The Balaban J connectivity index is 1.98. The Morgan fingerprint density at radius 2 is 2.00 bits per heavy atom. The monoisotopic (exact) mass is 335 g/mol. The first kappa shape index (κ1) is 16.8. The zero-order valence-corrected chi connectivity index (χ0v) is 13.6. The van der Waals surface area contributed by atoms with E-state index in [1.807, 2.05) is 31.2 Å². The first-order valence-electron chi connectivity index (χ1n) is 6.88. The van der Waals surface area contributed by atoms with Crippen LogP contribution in [0, 0.1) is 6.92 Å². The lowest BCUT2D eigenvalue weighted by Crippen LogP contribution is -2.32. The number of amides is 2. The number of thioether (sulfide) groups is 1. The lowest BCUT2D eigenvalue weighted by Gasteiger charge is -2.05. The molecule has 0 bridgehead atoms. The Hall–Kier alpha value is -2.55. The number of nitrogens with one attached hydrogen (secondary N) is 1. The highest BCUT2D eigenvalue weighted by molar-refractivity contribution is 7.99. The third-order valence-electron chi connectivity index (χ3n) is 2.82. The van der Waals surface area contributed by atoms with Crippen molar-refractivity contribution in [3.63, 3.8) is 0 Å². The van der Waals surface area contributed by atoms with E-state index in [-0.39, 0.29) is 12.4 Å². The summed E-state index contributed by atoms with van der Waals surface area (Å²) in [5, 5.41) is 10.5. The molecule has 1 heterocycles. The molecule has 1 aromatic carbocycles. The number of carbonyl (C=O) groups excluding carboxylic acids is 2. The molecule has 0 atom stereocenters. The van der Waals surface area contributed by atoms with E-state index in [2.05, 4.69) is 20.3 Å². The van der Waals surface area contributed by atoms with Gasteiger partial charge in [-0.2, -0.15) is 0 Å². The predicted octanol–water partition coefficient (Wildman–Crippen LogP) is 1.33. The van der Waals surface area contributed by atoms with Gasteiger partial charge in [0, 0.05) is 5.56 Å². The SMILES string of the molecule is CCOC(=O)NC(=O)CSc1nnc(-c2ccc(C)cc2)n1N. The summed E-state index contributed by atoms with van der Waals surface area (Å²) in [4.78, 5) is 22.7. The normalized spacial score (nSPS) is 10.3. The van der Waals surface area contributed by atoms with Crippen LogP contribution >= 0.6 is 11.8 Å². The Bertz CT molecular complexity index is 699. The van der Waals surface area contributed by atoms with Crippen LogP contribution in [-0.2, 0) is 9.53 Å². The van der Waals surface area contributed by atoms with E-state index >= 15 is 0 Å². The minimum Gasteiger partial charge on any atom is -0.450 e. The van der Waals surface area contributed by atoms with Crippen LogP contribution in [0.2, 0.25) is 0 Å². The zero-order chi connectivity index (χ0) is 16.8. The summed E-state index contributed by atoms with van der Waals surface area (Å²) in [5.41, 5.74) is 1.95. The number of aryl methyl sites for hydroxylation is 1. The minimum atomic E-state index is -0.771. The molecule has 0 radical (unpaired) electrons. The van der Waals surface area contributed by atoms with Crippen molar-refractivity contribution in [2.45, 2.75) is 19.0 Å². The van der Waals surface area contributed by atoms with E-state index in [9.17, 15) is 9.59 Å². The van der Waals surface area contributed by atoms with Crippen molar-refractivity contribution >= 4 is 23.8 Å². The number of aromatic nitrogens is 3. The number of rotatable bonds is 5. The van der Waals surface area contributed by atoms with Crippen molar-refractivity contribution in [2.24, 2.45) is 0 Å². The van der Waals surface area contributed by atoms with Crippen molar-refractivity contribution in [2.75, 3.05) is 18.2 Å². The molecular weight excluding hydrogens is 318 g/mol. The van der Waals surface area contributed by atoms with Gasteiger partial charge < -0.3 is 10.6 Å². The van der Waals surface area contributed by atoms with Crippen LogP contribution in [-0.4, -0.2) is 39.2 Å². The summed E-state index contributed by atoms with van der Waals surface area (Å²) >= 11 is 1.08. The van der Waals surface area contributed by atoms with Crippen molar-refractivity contribution < 1.29 is 14.3 Å². The van der Waals surface area contributed by atoms with Crippen molar-refractivity contribution in [3.05, 3.63) is 29.8 Å². The van der Waals surface area contributed by atoms with Gasteiger partial charge in [0.15, 0.2) is 5.82 Å². The van der Waals surface area contributed by atoms with Gasteiger partial charge in [0.1, 0.15) is 0 Å². The van der Waals surface area contributed by atoms with E-state index in [4.69, 9.17) is 5.84 Å². The smallest absolute Gasteiger partial charge is 0.413 e. The molecule has 23 heavy (non-hydrogen) atoms. The van der Waals surface area contributed by atoms with E-state index in [0.717, 1.165) is 22.9 Å². The lowest BCUT2D eigenvalue weighted by molar-refractivity contribution is -0.117. The zero-order valence-electron chi connectivity index (χ0n) is 12.8. The van der Waals surface area contributed by atoms with E-state index in [0.29, 0.717) is 11.0 Å². The maximum Gasteiger partial charge on any atom is 0.413 e. The average molecular weight is 335 g/mol. The number of nitrogens with zero attached hydrogens (tertiary/aromatic N) is 3. The van der Waals surface area contributed by atoms with Crippen LogP contribution in [0.1, 0.15) is 12.5 Å². The highest BCUT2D eigenvalue weighted by Gasteiger charge is 2.15. The van der Waals surface area contributed by atoms with Crippen molar-refractivity contribution in [1.29, 1.82) is 0 Å². The van der Waals surface area contributed by atoms with E-state index in [1.165, 1.54) is 4.68 Å². The van der Waals surface area contributed by atoms with Gasteiger partial charge >= 0.3 is 6.09 Å². The molecule has 0 unspecified atom stereocenters. The Kier molecular flexibility index (Phi) is 5.58. The Morgan fingerprint density at radius 1 is 1.30 bits per heavy atom. The molecule has 2 amide bonds. The maximum atomic E-state index is 11.6. The number of hydrogen-bond acceptors (Lipinski definition) is 7. The third kappa shape index (κ3) is 4.46. The number of imide groups is 1. The van der Waals surface area contributed by atoms with E-state index < -0.39 is 12.0 Å². The molecule has 9 heteroatoms. The molecule has 0 spiro atoms. The predicted molar refractivity (Wildman–Crippen MR) is 86.2 cm³/mol. The summed E-state index contributed by atoms with van der Waals surface area (Å²) in [6, 6.07) is 7.68. The molecule has 3 N–H and O–H groups in total. The number of nitrogen functional groups attached to an aromatic ring is 1. The molecule has 0 aliphatic carbocycles. The summed E-state index contributed by atoms with van der Waals surface area (Å²) in [6.07, 6.45) is -0.771. The van der Waals surface area contributed by atoms with Crippen LogP contribution in [0.4, 0.5) is 4.79 Å². The molecule has 122 valence electrons. The molecule has 0 saturated carbocycles. The van der Waals surface area contributed by atoms with Gasteiger partial charge in [0.25, 0.3) is 0 Å². The second-order valence-corrected chi connectivity index (χ2v) is 5.54. The van der Waals surface area contributed by atoms with Crippen LogP contribution < -0.4 is 11.2 Å². The van der Waals surface area contributed by atoms with Crippen LogP contribution in [0.15, 0.2) is 29.4 Å². The third-order valence-corrected chi connectivity index (χ3v) is 3.77. The largest absolute Gasteiger partial charge is 0.450 e. The Labute approximate surface area is 137 Å². The average Bonchev–Trinajstić information content (AvgIpc) is 2.87. The van der Waals surface area contributed by atoms with Gasteiger partial charge in [-0.05, 0) is 13.8 Å². The number of benzene rings is 1. The second kappa shape index (κ2) is 7.63. The number of carbonyl (C=O) groups is 2. The molecule has 2 aromatic rings. The highest BCUT2D eigenvalue weighted by Crippen LogP contribution is 2.21.